The van der Waals surface area contributed by atoms with E-state index < -0.39 is 16.1 Å². The van der Waals surface area contributed by atoms with Crippen LogP contribution in [-0.4, -0.2) is 36.2 Å². The predicted octanol–water partition coefficient (Wildman–Crippen LogP) is 4.68. The van der Waals surface area contributed by atoms with E-state index in [-0.39, 0.29) is 41.7 Å². The number of sulfonamides is 1. The van der Waals surface area contributed by atoms with Gasteiger partial charge in [-0.1, -0.05) is 29.8 Å². The maximum absolute atomic E-state index is 13.2. The Morgan fingerprint density at radius 3 is 2.41 bits per heavy atom. The zero-order valence-corrected chi connectivity index (χ0v) is 21.2. The van der Waals surface area contributed by atoms with Gasteiger partial charge >= 0.3 is 0 Å². The number of pyridine rings is 1. The first-order valence-electron chi connectivity index (χ1n) is 10.2. The average molecular weight is 544 g/mol. The standard InChI is InChI=1S/C23H23ClN4O3S.2ClH/c24-18-3-1-4-20(15-18)32(30,31)28-14-2-5-21(28)22(25)16-6-8-17(9-7-16)23(29)27-19-10-12-26-13-11-19;;/h1,3-4,6-13,15,21-22H,2,5,14,25H2,(H,26,27,29);2*1H. The molecule has 1 fully saturated rings. The quantitative estimate of drug-likeness (QED) is 0.469. The van der Waals surface area contributed by atoms with Gasteiger partial charge in [0.1, 0.15) is 0 Å². The second kappa shape index (κ2) is 12.0. The second-order valence-electron chi connectivity index (χ2n) is 7.62. The monoisotopic (exact) mass is 542 g/mol. The van der Waals surface area contributed by atoms with Crippen LogP contribution in [0, 0.1) is 0 Å². The normalized spacial score (nSPS) is 16.7. The highest BCUT2D eigenvalue weighted by Gasteiger charge is 2.39. The van der Waals surface area contributed by atoms with Gasteiger partial charge in [0, 0.05) is 47.3 Å². The lowest BCUT2D eigenvalue weighted by Crippen LogP contribution is -2.42. The van der Waals surface area contributed by atoms with E-state index in [4.69, 9.17) is 17.3 Å². The Balaban J connectivity index is 0.00000204. The number of benzene rings is 2. The molecule has 7 nitrogen and oxygen atoms in total. The number of nitrogens with two attached hydrogens (primary N) is 1. The Kier molecular flexibility index (Phi) is 9.87. The van der Waals surface area contributed by atoms with E-state index in [2.05, 4.69) is 10.3 Å². The molecule has 2 atom stereocenters. The van der Waals surface area contributed by atoms with Crippen molar-refractivity contribution in [1.29, 1.82) is 0 Å². The van der Waals surface area contributed by atoms with E-state index >= 15 is 0 Å². The molecule has 4 rings (SSSR count). The summed E-state index contributed by atoms with van der Waals surface area (Å²) in [6.07, 6.45) is 4.58. The van der Waals surface area contributed by atoms with Crippen LogP contribution in [-0.2, 0) is 10.0 Å². The minimum absolute atomic E-state index is 0. The van der Waals surface area contributed by atoms with Crippen molar-refractivity contribution >= 4 is 58.0 Å². The van der Waals surface area contributed by atoms with E-state index in [1.54, 1.807) is 67.0 Å². The average Bonchev–Trinajstić information content (AvgIpc) is 3.30. The van der Waals surface area contributed by atoms with Crippen LogP contribution in [0.1, 0.15) is 34.8 Å². The van der Waals surface area contributed by atoms with Crippen molar-refractivity contribution in [2.24, 2.45) is 5.73 Å². The summed E-state index contributed by atoms with van der Waals surface area (Å²) in [5, 5.41) is 3.17. The van der Waals surface area contributed by atoms with Crippen LogP contribution in [0.5, 0.6) is 0 Å². The third kappa shape index (κ3) is 6.07. The maximum atomic E-state index is 13.2. The number of aromatic nitrogens is 1. The molecule has 3 N–H and O–H groups in total. The fourth-order valence-electron chi connectivity index (χ4n) is 3.90. The zero-order valence-electron chi connectivity index (χ0n) is 18.0. The van der Waals surface area contributed by atoms with Gasteiger partial charge in [0.15, 0.2) is 0 Å². The third-order valence-electron chi connectivity index (χ3n) is 5.56. The van der Waals surface area contributed by atoms with Crippen LogP contribution in [0.25, 0.3) is 0 Å². The molecule has 3 aromatic rings. The Labute approximate surface area is 216 Å². The summed E-state index contributed by atoms with van der Waals surface area (Å²) in [6.45, 7) is 0.402. The van der Waals surface area contributed by atoms with Crippen molar-refractivity contribution in [2.45, 2.75) is 29.8 Å². The number of rotatable bonds is 6. The lowest BCUT2D eigenvalue weighted by Gasteiger charge is -2.29. The number of halogens is 3. The summed E-state index contributed by atoms with van der Waals surface area (Å²) < 4.78 is 27.9. The molecule has 34 heavy (non-hydrogen) atoms. The van der Waals surface area contributed by atoms with Gasteiger partial charge in [0.05, 0.1) is 4.90 Å². The summed E-state index contributed by atoms with van der Waals surface area (Å²) in [5.41, 5.74) is 8.40. The van der Waals surface area contributed by atoms with Crippen LogP contribution < -0.4 is 11.1 Å². The molecular formula is C23H25Cl3N4O3S. The van der Waals surface area contributed by atoms with Crippen molar-refractivity contribution in [3.63, 3.8) is 0 Å². The molecule has 0 spiro atoms. The van der Waals surface area contributed by atoms with Crippen LogP contribution >= 0.6 is 36.4 Å². The summed E-state index contributed by atoms with van der Waals surface area (Å²) >= 11 is 6.00. The van der Waals surface area contributed by atoms with E-state index in [0.29, 0.717) is 29.2 Å². The van der Waals surface area contributed by atoms with Crippen molar-refractivity contribution in [3.8, 4) is 0 Å². The highest BCUT2D eigenvalue weighted by molar-refractivity contribution is 7.89. The lowest BCUT2D eigenvalue weighted by molar-refractivity contribution is 0.102. The van der Waals surface area contributed by atoms with E-state index in [9.17, 15) is 13.2 Å². The molecule has 2 aromatic carbocycles. The molecule has 1 aromatic heterocycles. The van der Waals surface area contributed by atoms with E-state index in [1.165, 1.54) is 10.4 Å². The van der Waals surface area contributed by atoms with Crippen molar-refractivity contribution in [2.75, 3.05) is 11.9 Å². The predicted molar refractivity (Wildman–Crippen MR) is 138 cm³/mol. The molecule has 1 aliphatic heterocycles. The minimum atomic E-state index is -3.72. The van der Waals surface area contributed by atoms with Gasteiger partial charge in [-0.15, -0.1) is 24.8 Å². The van der Waals surface area contributed by atoms with Gasteiger partial charge < -0.3 is 11.1 Å². The molecule has 0 bridgehead atoms. The maximum Gasteiger partial charge on any atom is 0.255 e. The summed E-state index contributed by atoms with van der Waals surface area (Å²) in [6, 6.07) is 15.7. The Bertz CT molecular complexity index is 1210. The summed E-state index contributed by atoms with van der Waals surface area (Å²) in [7, 11) is -3.72. The Hall–Kier alpha value is -2.20. The fraction of sp³-hybridized carbons (Fsp3) is 0.217. The first-order valence-corrected chi connectivity index (χ1v) is 12.0. The molecule has 11 heteroatoms. The molecule has 0 radical (unpaired) electrons. The van der Waals surface area contributed by atoms with Crippen molar-refractivity contribution in [3.05, 3.63) is 89.2 Å². The SMILES string of the molecule is Cl.Cl.NC(c1ccc(C(=O)Nc2ccncc2)cc1)C1CCCN1S(=O)(=O)c1cccc(Cl)c1. The first kappa shape index (κ1) is 28.0. The topological polar surface area (TPSA) is 105 Å². The lowest BCUT2D eigenvalue weighted by atomic mass is 9.98. The second-order valence-corrected chi connectivity index (χ2v) is 9.95. The van der Waals surface area contributed by atoms with Gasteiger partial charge in [0.25, 0.3) is 5.91 Å². The molecule has 2 unspecified atom stereocenters. The molecule has 0 aliphatic carbocycles. The number of hydrogen-bond donors (Lipinski definition) is 2. The summed E-state index contributed by atoms with van der Waals surface area (Å²) in [4.78, 5) is 16.5. The number of nitrogens with one attached hydrogen (secondary N) is 1. The van der Waals surface area contributed by atoms with Gasteiger partial charge in [-0.25, -0.2) is 8.42 Å². The molecule has 0 saturated carbocycles. The number of hydrogen-bond acceptors (Lipinski definition) is 5. The van der Waals surface area contributed by atoms with Gasteiger partial charge in [-0.3, -0.25) is 9.78 Å². The largest absolute Gasteiger partial charge is 0.323 e. The number of amides is 1. The number of carbonyl (C=O) groups is 1. The van der Waals surface area contributed by atoms with Crippen LogP contribution in [0.4, 0.5) is 5.69 Å². The molecule has 1 aliphatic rings. The molecule has 182 valence electrons. The smallest absolute Gasteiger partial charge is 0.255 e. The number of nitrogens with zero attached hydrogens (tertiary/aromatic N) is 2. The Morgan fingerprint density at radius 1 is 1.09 bits per heavy atom. The van der Waals surface area contributed by atoms with Gasteiger partial charge in [0.2, 0.25) is 10.0 Å². The minimum Gasteiger partial charge on any atom is -0.323 e. The van der Waals surface area contributed by atoms with E-state index in [1.807, 2.05) is 0 Å². The highest BCUT2D eigenvalue weighted by atomic mass is 35.5. The molecule has 1 saturated heterocycles. The molecule has 2 heterocycles. The van der Waals surface area contributed by atoms with Crippen LogP contribution in [0.3, 0.4) is 0 Å². The first-order chi connectivity index (χ1) is 15.4. The highest BCUT2D eigenvalue weighted by Crippen LogP contribution is 2.33. The fourth-order valence-corrected chi connectivity index (χ4v) is 5.92. The van der Waals surface area contributed by atoms with Crippen LogP contribution in [0.2, 0.25) is 5.02 Å². The summed E-state index contributed by atoms with van der Waals surface area (Å²) in [5.74, 6) is -0.248. The van der Waals surface area contributed by atoms with Crippen LogP contribution in [0.15, 0.2) is 78.0 Å². The number of carbonyl (C=O) groups excluding carboxylic acids is 1. The third-order valence-corrected chi connectivity index (χ3v) is 7.72. The van der Waals surface area contributed by atoms with Gasteiger partial charge in [-0.2, -0.15) is 4.31 Å². The van der Waals surface area contributed by atoms with Crippen molar-refractivity contribution < 1.29 is 13.2 Å². The molecular weight excluding hydrogens is 519 g/mol. The Morgan fingerprint density at radius 2 is 1.76 bits per heavy atom. The number of anilines is 1. The molecule has 1 amide bonds. The van der Waals surface area contributed by atoms with Gasteiger partial charge in [-0.05, 0) is 60.9 Å². The van der Waals surface area contributed by atoms with E-state index in [0.717, 1.165) is 12.0 Å². The zero-order chi connectivity index (χ0) is 22.7. The van der Waals surface area contributed by atoms with Crippen molar-refractivity contribution in [1.82, 2.24) is 9.29 Å².